The smallest absolute Gasteiger partial charge is 0.496 e. The van der Waals surface area contributed by atoms with Gasteiger partial charge in [0.05, 0.1) is 45.7 Å². The number of benzene rings is 6. The number of halogens is 3. The van der Waals surface area contributed by atoms with E-state index in [1.54, 1.807) is 0 Å². The fraction of sp³-hybridized carbons (Fsp3) is 0.294. The lowest BCUT2D eigenvalue weighted by Gasteiger charge is -2.50. The Morgan fingerprint density at radius 2 is 1.13 bits per heavy atom. The molecule has 6 aromatic rings. The molecule has 62 heavy (non-hydrogen) atoms. The summed E-state index contributed by atoms with van der Waals surface area (Å²) in [6.45, 7) is 0.157. The summed E-state index contributed by atoms with van der Waals surface area (Å²) in [4.78, 5) is 0. The average molecular weight is 847 g/mol. The van der Waals surface area contributed by atoms with Crippen LogP contribution in [0.15, 0.2) is 152 Å². The zero-order valence-electron chi connectivity index (χ0n) is 34.3. The van der Waals surface area contributed by atoms with Crippen LogP contribution in [0, 0.1) is 0 Å². The zero-order valence-corrected chi connectivity index (χ0v) is 34.3. The minimum absolute atomic E-state index is 0.0493. The third kappa shape index (κ3) is 10.6. The molecule has 0 bridgehead atoms. The molecule has 5 atom stereocenters. The fourth-order valence-corrected chi connectivity index (χ4v) is 8.07. The van der Waals surface area contributed by atoms with Crippen LogP contribution in [0.1, 0.15) is 50.1 Å². The molecule has 1 saturated heterocycles. The van der Waals surface area contributed by atoms with Crippen molar-refractivity contribution in [1.29, 1.82) is 0 Å². The number of rotatable bonds is 18. The van der Waals surface area contributed by atoms with Crippen molar-refractivity contribution in [3.8, 4) is 11.5 Å². The van der Waals surface area contributed by atoms with E-state index in [4.69, 9.17) is 33.2 Å². The molecule has 1 N–H and O–H groups in total. The van der Waals surface area contributed by atoms with E-state index in [0.29, 0.717) is 5.56 Å². The third-order valence-electron chi connectivity index (χ3n) is 11.3. The number of methoxy groups -OCH3 is 1. The first-order valence-corrected chi connectivity index (χ1v) is 20.7. The summed E-state index contributed by atoms with van der Waals surface area (Å²) in [5.74, 6) is -3.23. The Kier molecular flexibility index (Phi) is 13.7. The first-order chi connectivity index (χ1) is 30.1. The quantitative estimate of drug-likeness (QED) is 0.0916. The van der Waals surface area contributed by atoms with Gasteiger partial charge in [0, 0.05) is 12.5 Å². The summed E-state index contributed by atoms with van der Waals surface area (Å²) in [6.07, 6.45) is -7.65. The lowest BCUT2D eigenvalue weighted by molar-refractivity contribution is -0.379. The number of aryl methyl sites for hydroxylation is 2. The van der Waals surface area contributed by atoms with E-state index in [0.717, 1.165) is 46.7 Å². The number of fused-ring (bicyclic) bond motifs is 1. The summed E-state index contributed by atoms with van der Waals surface area (Å²) in [5.41, 5.74) is 6.90. The molecule has 8 rings (SSSR count). The van der Waals surface area contributed by atoms with E-state index in [2.05, 4.69) is 12.1 Å². The topological polar surface area (TPSA) is 84.8 Å². The van der Waals surface area contributed by atoms with E-state index < -0.39 is 42.3 Å². The van der Waals surface area contributed by atoms with Crippen LogP contribution in [0.4, 0.5) is 13.2 Å². The normalized spacial score (nSPS) is 20.9. The molecule has 6 aromatic carbocycles. The van der Waals surface area contributed by atoms with E-state index in [9.17, 15) is 18.3 Å². The van der Waals surface area contributed by atoms with Gasteiger partial charge in [-0.15, -0.1) is 13.2 Å². The van der Waals surface area contributed by atoms with Crippen LogP contribution in [0.25, 0.3) is 0 Å². The van der Waals surface area contributed by atoms with Gasteiger partial charge in [-0.1, -0.05) is 140 Å². The second-order valence-corrected chi connectivity index (χ2v) is 15.6. The highest BCUT2D eigenvalue weighted by molar-refractivity contribution is 5.52. The van der Waals surface area contributed by atoms with Crippen molar-refractivity contribution in [3.63, 3.8) is 0 Å². The Hall–Kier alpha value is -5.53. The van der Waals surface area contributed by atoms with Crippen LogP contribution < -0.4 is 9.47 Å². The number of aliphatic hydroxyl groups is 1. The lowest BCUT2D eigenvalue weighted by Crippen LogP contribution is -2.65. The van der Waals surface area contributed by atoms with Crippen LogP contribution in [0.3, 0.4) is 0 Å². The van der Waals surface area contributed by atoms with Gasteiger partial charge >= 0.3 is 6.36 Å². The van der Waals surface area contributed by atoms with Crippen molar-refractivity contribution in [2.45, 2.75) is 82.3 Å². The number of hydrogen-bond acceptors (Lipinski definition) is 8. The SMILES string of the molecule is COc1cc(OC(F)(F)F)c(C2(O)O[C@H](COCc3ccccc3)[C@@H](OCc3ccccc3)[C@H](OCc3ccccc3)[C@H]2OCc2ccccc2)cc1Cc1ccc2c(c1)CC2. The fourth-order valence-electron chi connectivity index (χ4n) is 8.07. The Labute approximate surface area is 359 Å². The van der Waals surface area contributed by atoms with Gasteiger partial charge in [-0.3, -0.25) is 0 Å². The van der Waals surface area contributed by atoms with E-state index >= 15 is 0 Å². The van der Waals surface area contributed by atoms with E-state index in [1.165, 1.54) is 24.3 Å². The molecule has 1 unspecified atom stereocenters. The van der Waals surface area contributed by atoms with Crippen molar-refractivity contribution in [2.24, 2.45) is 0 Å². The standard InChI is InChI=1S/C51H49F3O8/c1-56-44-29-45(62-51(52,53)54)43(28-42(44)27-39-22-23-40-24-25-41(40)26-39)50(55)49(60-33-38-20-12-5-13-21-38)48(59-32-37-18-10-4-11-19-37)47(58-31-36-16-8-3-9-17-36)46(61-50)34-57-30-35-14-6-2-7-15-35/h2-23,26,28-29,46-49,55H,24-25,27,30-34H2,1H3/t46-,47-,48+,49-,50?/m1/s1. The van der Waals surface area contributed by atoms with Gasteiger partial charge in [0.25, 0.3) is 0 Å². The summed E-state index contributed by atoms with van der Waals surface area (Å²) < 4.78 is 87.2. The van der Waals surface area contributed by atoms with Crippen molar-refractivity contribution < 1.29 is 51.4 Å². The molecular formula is C51H49F3O8. The number of ether oxygens (including phenoxy) is 7. The minimum Gasteiger partial charge on any atom is -0.496 e. The summed E-state index contributed by atoms with van der Waals surface area (Å²) in [6, 6.07) is 46.5. The maximum atomic E-state index is 14.5. The monoisotopic (exact) mass is 846 g/mol. The molecule has 0 aromatic heterocycles. The second kappa shape index (κ2) is 19.7. The average Bonchev–Trinajstić information content (AvgIpc) is 3.27. The molecule has 0 amide bonds. The number of alkyl halides is 3. The molecule has 11 heteroatoms. The third-order valence-corrected chi connectivity index (χ3v) is 11.3. The van der Waals surface area contributed by atoms with Crippen molar-refractivity contribution in [3.05, 3.63) is 202 Å². The number of hydrogen-bond donors (Lipinski definition) is 1. The molecule has 322 valence electrons. The molecule has 8 nitrogen and oxygen atoms in total. The molecule has 1 aliphatic heterocycles. The van der Waals surface area contributed by atoms with Crippen molar-refractivity contribution in [2.75, 3.05) is 13.7 Å². The van der Waals surface area contributed by atoms with Gasteiger partial charge in [0.2, 0.25) is 5.79 Å². The minimum atomic E-state index is -5.16. The molecule has 1 aliphatic carbocycles. The molecular weight excluding hydrogens is 798 g/mol. The maximum Gasteiger partial charge on any atom is 0.573 e. The lowest BCUT2D eigenvalue weighted by atomic mass is 9.84. The van der Waals surface area contributed by atoms with Crippen LogP contribution in [-0.4, -0.2) is 49.6 Å². The van der Waals surface area contributed by atoms with Crippen molar-refractivity contribution >= 4 is 0 Å². The molecule has 0 saturated carbocycles. The summed E-state index contributed by atoms with van der Waals surface area (Å²) >= 11 is 0. The summed E-state index contributed by atoms with van der Waals surface area (Å²) in [5, 5.41) is 13.4. The maximum absolute atomic E-state index is 14.5. The van der Waals surface area contributed by atoms with Crippen LogP contribution in [-0.2, 0) is 75.2 Å². The van der Waals surface area contributed by atoms with Gasteiger partial charge in [-0.05, 0) is 63.4 Å². The Morgan fingerprint density at radius 3 is 1.65 bits per heavy atom. The highest BCUT2D eigenvalue weighted by Crippen LogP contribution is 2.47. The highest BCUT2D eigenvalue weighted by atomic mass is 19.4. The van der Waals surface area contributed by atoms with E-state index in [-0.39, 0.29) is 50.8 Å². The Balaban J connectivity index is 1.26. The van der Waals surface area contributed by atoms with Crippen LogP contribution >= 0.6 is 0 Å². The predicted octanol–water partition coefficient (Wildman–Crippen LogP) is 9.80. The highest BCUT2D eigenvalue weighted by Gasteiger charge is 2.59. The van der Waals surface area contributed by atoms with Gasteiger partial charge in [0.1, 0.15) is 35.9 Å². The Morgan fingerprint density at radius 1 is 0.597 bits per heavy atom. The van der Waals surface area contributed by atoms with Gasteiger partial charge in [-0.2, -0.15) is 0 Å². The first-order valence-electron chi connectivity index (χ1n) is 20.7. The summed E-state index contributed by atoms with van der Waals surface area (Å²) in [7, 11) is 1.38. The molecule has 2 aliphatic rings. The zero-order chi connectivity index (χ0) is 42.9. The van der Waals surface area contributed by atoms with Crippen LogP contribution in [0.2, 0.25) is 0 Å². The largest absolute Gasteiger partial charge is 0.573 e. The van der Waals surface area contributed by atoms with Gasteiger partial charge in [-0.25, -0.2) is 0 Å². The van der Waals surface area contributed by atoms with Gasteiger partial charge in [0.15, 0.2) is 0 Å². The van der Waals surface area contributed by atoms with Crippen LogP contribution in [0.5, 0.6) is 11.5 Å². The molecule has 0 radical (unpaired) electrons. The first kappa shape index (κ1) is 43.1. The Bertz CT molecular complexity index is 2350. The molecule has 0 spiro atoms. The van der Waals surface area contributed by atoms with Gasteiger partial charge < -0.3 is 38.3 Å². The predicted molar refractivity (Wildman–Crippen MR) is 226 cm³/mol. The van der Waals surface area contributed by atoms with E-state index in [1.807, 2.05) is 127 Å². The molecule has 1 fully saturated rings. The second-order valence-electron chi connectivity index (χ2n) is 15.6. The van der Waals surface area contributed by atoms with Crippen molar-refractivity contribution in [1.82, 2.24) is 0 Å². The molecule has 1 heterocycles.